The number of rotatable bonds is 5. The van der Waals surface area contributed by atoms with E-state index in [0.717, 1.165) is 26.9 Å². The fraction of sp³-hybridized carbons (Fsp3) is 0.120. The topological polar surface area (TPSA) is 111 Å². The summed E-state index contributed by atoms with van der Waals surface area (Å²) >= 11 is 1.30. The second kappa shape index (κ2) is 8.44. The van der Waals surface area contributed by atoms with Gasteiger partial charge in [0.05, 0.1) is 15.6 Å². The maximum absolute atomic E-state index is 12.8. The molecule has 1 heterocycles. The van der Waals surface area contributed by atoms with E-state index in [1.165, 1.54) is 23.5 Å². The third kappa shape index (κ3) is 3.92. The summed E-state index contributed by atoms with van der Waals surface area (Å²) in [4.78, 5) is 30.9. The minimum atomic E-state index is -3.98. The van der Waals surface area contributed by atoms with Crippen LogP contribution in [0.1, 0.15) is 12.5 Å². The lowest BCUT2D eigenvalue weighted by molar-refractivity contribution is 0.399. The molecule has 9 heteroatoms. The summed E-state index contributed by atoms with van der Waals surface area (Å²) in [6, 6.07) is 19.4. The molecular formula is C25H21N2O5S2+. The summed E-state index contributed by atoms with van der Waals surface area (Å²) < 4.78 is 31.2. The second-order valence-electron chi connectivity index (χ2n) is 7.97. The molecule has 172 valence electrons. The number of anilines is 1. The van der Waals surface area contributed by atoms with Gasteiger partial charge in [-0.05, 0) is 47.0 Å². The highest BCUT2D eigenvalue weighted by molar-refractivity contribution is 7.92. The van der Waals surface area contributed by atoms with Gasteiger partial charge in [0.15, 0.2) is 0 Å². The number of hydrogen-bond donors (Lipinski definition) is 3. The number of aromatic nitrogens is 1. The van der Waals surface area contributed by atoms with Gasteiger partial charge in [0.25, 0.3) is 0 Å². The Balaban J connectivity index is 1.59. The van der Waals surface area contributed by atoms with E-state index in [1.54, 1.807) is 24.3 Å². The van der Waals surface area contributed by atoms with Crippen molar-refractivity contribution in [1.29, 1.82) is 0 Å². The maximum Gasteiger partial charge on any atom is 0.386 e. The predicted molar refractivity (Wildman–Crippen MR) is 136 cm³/mol. The van der Waals surface area contributed by atoms with E-state index >= 15 is 0 Å². The van der Waals surface area contributed by atoms with Crippen molar-refractivity contribution in [2.24, 2.45) is 0 Å². The van der Waals surface area contributed by atoms with E-state index in [9.17, 15) is 22.9 Å². The highest BCUT2D eigenvalue weighted by atomic mass is 32.3. The molecule has 0 fully saturated rings. The Labute approximate surface area is 199 Å². The van der Waals surface area contributed by atoms with Crippen LogP contribution in [0, 0.1) is 9.88 Å². The summed E-state index contributed by atoms with van der Waals surface area (Å²) in [5.41, 5.74) is 1.72. The summed E-state index contributed by atoms with van der Waals surface area (Å²) in [6.45, 7) is 3.27. The normalized spacial score (nSPS) is 12.0. The Morgan fingerprint density at radius 3 is 2.32 bits per heavy atom. The van der Waals surface area contributed by atoms with Gasteiger partial charge in [-0.25, -0.2) is 0 Å². The van der Waals surface area contributed by atoms with Crippen molar-refractivity contribution < 1.29 is 13.3 Å². The Hall–Kier alpha value is -3.37. The third-order valence-electron chi connectivity index (χ3n) is 5.87. The molecule has 5 rings (SSSR count). The highest BCUT2D eigenvalue weighted by Crippen LogP contribution is 2.27. The molecule has 0 radical (unpaired) electrons. The second-order valence-corrected chi connectivity index (χ2v) is 10.5. The average Bonchev–Trinajstić information content (AvgIpc) is 2.84. The molecule has 3 aromatic carbocycles. The van der Waals surface area contributed by atoms with E-state index in [1.807, 2.05) is 37.3 Å². The molecule has 0 bridgehead atoms. The molecule has 2 aliphatic rings. The van der Waals surface area contributed by atoms with Gasteiger partial charge in [-0.15, -0.1) is 11.3 Å². The third-order valence-corrected chi connectivity index (χ3v) is 7.91. The number of H-pyrrole nitrogens is 1. The summed E-state index contributed by atoms with van der Waals surface area (Å²) in [6.07, 6.45) is 0. The van der Waals surface area contributed by atoms with Crippen LogP contribution in [0.3, 0.4) is 0 Å². The molecule has 0 spiro atoms. The first-order valence-corrected chi connectivity index (χ1v) is 12.9. The number of aromatic amines is 1. The van der Waals surface area contributed by atoms with Crippen LogP contribution in [-0.4, -0.2) is 20.6 Å². The van der Waals surface area contributed by atoms with Crippen molar-refractivity contribution in [3.8, 4) is 0 Å². The van der Waals surface area contributed by atoms with Gasteiger partial charge in [-0.1, -0.05) is 36.4 Å². The van der Waals surface area contributed by atoms with Gasteiger partial charge in [0.1, 0.15) is 4.53 Å². The first-order valence-electron chi connectivity index (χ1n) is 10.6. The largest absolute Gasteiger partial charge is 0.386 e. The standard InChI is InChI=1S/C25H20N2O5S2/c1-2-27(14-15-7-10-17(11-8-15)34(30,31)32)16-9-12-20-21(13-16)33-25-22(26-20)18-5-3-4-6-19(18)23(28)24(25)29/h3-13H,2,14H2,1H3,(H2-,26,29,30,31,32)/p+1. The Kier molecular flexibility index (Phi) is 5.57. The van der Waals surface area contributed by atoms with Crippen molar-refractivity contribution in [3.63, 3.8) is 0 Å². The van der Waals surface area contributed by atoms with E-state index in [0.29, 0.717) is 28.4 Å². The summed E-state index contributed by atoms with van der Waals surface area (Å²) in [7, 11) is -3.98. The Morgan fingerprint density at radius 1 is 0.941 bits per heavy atom. The first kappa shape index (κ1) is 22.4. The fourth-order valence-corrected chi connectivity index (χ4v) is 5.67. The number of hydrogen-bond acceptors (Lipinski definition) is 5. The van der Waals surface area contributed by atoms with Crippen molar-refractivity contribution >= 4 is 48.5 Å². The lowest BCUT2D eigenvalue weighted by Gasteiger charge is -2.23. The zero-order valence-electron chi connectivity index (χ0n) is 18.1. The lowest BCUT2D eigenvalue weighted by atomic mass is 10.1. The van der Waals surface area contributed by atoms with Crippen LogP contribution < -0.4 is 15.8 Å². The minimum Gasteiger partial charge on any atom is -0.367 e. The quantitative estimate of drug-likeness (QED) is 0.243. The van der Waals surface area contributed by atoms with E-state index in [2.05, 4.69) is 9.88 Å². The molecule has 0 atom stereocenters. The fourth-order valence-electron chi connectivity index (χ4n) is 4.10. The molecule has 0 aromatic heterocycles. The predicted octanol–water partition coefficient (Wildman–Crippen LogP) is 4.66. The molecule has 0 unspecified atom stereocenters. The van der Waals surface area contributed by atoms with Crippen molar-refractivity contribution in [3.05, 3.63) is 103 Å². The number of nitrogens with one attached hydrogen (secondary N) is 1. The molecule has 1 aliphatic heterocycles. The zero-order valence-corrected chi connectivity index (χ0v) is 19.8. The van der Waals surface area contributed by atoms with Crippen LogP contribution in [-0.2, 0) is 21.2 Å². The van der Waals surface area contributed by atoms with Crippen molar-refractivity contribution in [2.45, 2.75) is 18.4 Å². The van der Waals surface area contributed by atoms with Crippen LogP contribution in [0.4, 0.5) is 5.69 Å². The molecule has 0 saturated carbocycles. The summed E-state index contributed by atoms with van der Waals surface area (Å²) in [5.74, 6) is 0. The van der Waals surface area contributed by atoms with Crippen LogP contribution in [0.2, 0.25) is 0 Å². The van der Waals surface area contributed by atoms with Gasteiger partial charge in [0, 0.05) is 29.5 Å². The number of nitrogens with zero attached hydrogens (tertiary/aromatic N) is 1. The van der Waals surface area contributed by atoms with Gasteiger partial charge < -0.3 is 9.88 Å². The molecular weight excluding hydrogens is 472 g/mol. The van der Waals surface area contributed by atoms with Gasteiger partial charge in [-0.2, -0.15) is 9.11 Å². The molecule has 7 nitrogen and oxygen atoms in total. The van der Waals surface area contributed by atoms with Crippen LogP contribution >= 0.6 is 11.3 Å². The lowest BCUT2D eigenvalue weighted by Crippen LogP contribution is -2.25. The van der Waals surface area contributed by atoms with Gasteiger partial charge in [0.2, 0.25) is 15.8 Å². The number of benzene rings is 3. The molecule has 0 amide bonds. The van der Waals surface area contributed by atoms with Crippen molar-refractivity contribution in [1.82, 2.24) is 4.98 Å². The maximum atomic E-state index is 12.8. The highest BCUT2D eigenvalue weighted by Gasteiger charge is 2.24. The first-order chi connectivity index (χ1) is 16.3. The zero-order chi connectivity index (χ0) is 24.0. The van der Waals surface area contributed by atoms with Crippen LogP contribution in [0.5, 0.6) is 0 Å². The smallest absolute Gasteiger partial charge is 0.367 e. The molecule has 34 heavy (non-hydrogen) atoms. The Morgan fingerprint density at radius 2 is 1.65 bits per heavy atom. The van der Waals surface area contributed by atoms with E-state index in [-0.39, 0.29) is 4.90 Å². The van der Waals surface area contributed by atoms with Crippen LogP contribution in [0.15, 0.2) is 81.2 Å². The van der Waals surface area contributed by atoms with E-state index < -0.39 is 21.4 Å². The Bertz CT molecular complexity index is 1770. The average molecular weight is 494 g/mol. The molecule has 3 N–H and O–H groups in total. The number of fused-ring (bicyclic) bond motifs is 3. The molecule has 0 saturated heterocycles. The van der Waals surface area contributed by atoms with Crippen LogP contribution in [0.25, 0.3) is 21.0 Å². The van der Waals surface area contributed by atoms with Gasteiger partial charge in [-0.3, -0.25) is 9.59 Å². The van der Waals surface area contributed by atoms with E-state index in [4.69, 9.17) is 0 Å². The summed E-state index contributed by atoms with van der Waals surface area (Å²) in [5, 5.41) is 1.82. The SMILES string of the molecule is CCN(Cc1ccc([S+](=O)(O)O)cc1)c1ccc2[nH]c3c4ccccc4c(=O)c(=O)c=3sc2c1. The monoisotopic (exact) mass is 493 g/mol. The minimum absolute atomic E-state index is 0.0343. The van der Waals surface area contributed by atoms with Gasteiger partial charge >= 0.3 is 10.5 Å². The van der Waals surface area contributed by atoms with Crippen molar-refractivity contribution in [2.75, 3.05) is 11.4 Å². The molecule has 3 aromatic rings. The molecule has 1 aliphatic carbocycles.